The van der Waals surface area contributed by atoms with E-state index in [0.717, 1.165) is 32.6 Å². The van der Waals surface area contributed by atoms with Gasteiger partial charge < -0.3 is 10.1 Å². The molecule has 0 spiro atoms. The number of rotatable bonds is 3. The van der Waals surface area contributed by atoms with Crippen molar-refractivity contribution in [2.45, 2.75) is 25.3 Å². The maximum atomic E-state index is 5.51. The molecule has 2 heteroatoms. The molecule has 1 heterocycles. The van der Waals surface area contributed by atoms with Crippen LogP contribution in [0.5, 0.6) is 0 Å². The number of morpholine rings is 1. The first-order chi connectivity index (χ1) is 7.29. The second-order valence-corrected chi connectivity index (χ2v) is 4.53. The predicted molar refractivity (Wildman–Crippen MR) is 62.0 cm³/mol. The molecule has 2 nitrogen and oxygen atoms in total. The molecule has 0 bridgehead atoms. The third kappa shape index (κ3) is 3.05. The van der Waals surface area contributed by atoms with Gasteiger partial charge in [0.15, 0.2) is 0 Å². The Morgan fingerprint density at radius 2 is 2.13 bits per heavy atom. The zero-order chi connectivity index (χ0) is 10.6. The Bertz CT molecular complexity index is 291. The van der Waals surface area contributed by atoms with E-state index in [4.69, 9.17) is 4.74 Å². The van der Waals surface area contributed by atoms with Gasteiger partial charge in [0.05, 0.1) is 13.2 Å². The van der Waals surface area contributed by atoms with Crippen LogP contribution in [-0.2, 0) is 11.2 Å². The summed E-state index contributed by atoms with van der Waals surface area (Å²) in [5.41, 5.74) is 1.57. The molecule has 1 atom stereocenters. The van der Waals surface area contributed by atoms with Gasteiger partial charge in [-0.15, -0.1) is 0 Å². The molecule has 1 aliphatic heterocycles. The quantitative estimate of drug-likeness (QED) is 0.815. The van der Waals surface area contributed by atoms with Gasteiger partial charge >= 0.3 is 0 Å². The summed E-state index contributed by atoms with van der Waals surface area (Å²) in [7, 11) is 0. The van der Waals surface area contributed by atoms with Crippen LogP contribution in [0.25, 0.3) is 0 Å². The van der Waals surface area contributed by atoms with Crippen molar-refractivity contribution in [3.63, 3.8) is 0 Å². The summed E-state index contributed by atoms with van der Waals surface area (Å²) < 4.78 is 5.51. The van der Waals surface area contributed by atoms with Crippen molar-refractivity contribution in [3.8, 4) is 0 Å². The molecular weight excluding hydrogens is 186 g/mol. The smallest absolute Gasteiger partial charge is 0.0646 e. The van der Waals surface area contributed by atoms with Crippen LogP contribution in [0.4, 0.5) is 0 Å². The predicted octanol–water partition coefficient (Wildman–Crippen LogP) is 2.00. The van der Waals surface area contributed by atoms with Gasteiger partial charge in [0.1, 0.15) is 0 Å². The van der Waals surface area contributed by atoms with Crippen LogP contribution < -0.4 is 5.32 Å². The van der Waals surface area contributed by atoms with Crippen LogP contribution >= 0.6 is 0 Å². The Balaban J connectivity index is 1.87. The van der Waals surface area contributed by atoms with Crippen LogP contribution in [-0.4, -0.2) is 25.3 Å². The summed E-state index contributed by atoms with van der Waals surface area (Å²) in [6.45, 7) is 4.90. The van der Waals surface area contributed by atoms with E-state index in [-0.39, 0.29) is 5.54 Å². The molecule has 82 valence electrons. The van der Waals surface area contributed by atoms with E-state index in [9.17, 15) is 0 Å². The molecule has 1 unspecified atom stereocenters. The van der Waals surface area contributed by atoms with E-state index in [1.807, 2.05) is 0 Å². The first kappa shape index (κ1) is 10.7. The highest BCUT2D eigenvalue weighted by atomic mass is 16.5. The lowest BCUT2D eigenvalue weighted by atomic mass is 9.93. The number of hydrogen-bond acceptors (Lipinski definition) is 2. The summed E-state index contributed by atoms with van der Waals surface area (Å²) in [5.74, 6) is 0. The van der Waals surface area contributed by atoms with E-state index in [0.29, 0.717) is 0 Å². The van der Waals surface area contributed by atoms with Crippen LogP contribution in [0.3, 0.4) is 0 Å². The van der Waals surface area contributed by atoms with Gasteiger partial charge in [-0.05, 0) is 25.3 Å². The highest BCUT2D eigenvalue weighted by Crippen LogP contribution is 2.16. The number of hydrogen-bond donors (Lipinski definition) is 1. The molecule has 1 aromatic carbocycles. The van der Waals surface area contributed by atoms with Crippen molar-refractivity contribution in [3.05, 3.63) is 35.9 Å². The monoisotopic (exact) mass is 205 g/mol. The first-order valence-corrected chi connectivity index (χ1v) is 5.65. The summed E-state index contributed by atoms with van der Waals surface area (Å²) in [6, 6.07) is 10.6. The molecule has 0 saturated carbocycles. The van der Waals surface area contributed by atoms with Crippen LogP contribution in [0.1, 0.15) is 18.9 Å². The lowest BCUT2D eigenvalue weighted by Gasteiger charge is -2.34. The average molecular weight is 205 g/mol. The standard InChI is InChI=1S/C13H19NO/c1-13(11-15-10-9-14-13)8-7-12-5-3-2-4-6-12/h2-6,14H,7-11H2,1H3. The van der Waals surface area contributed by atoms with Crippen LogP contribution in [0.2, 0.25) is 0 Å². The van der Waals surface area contributed by atoms with Gasteiger partial charge in [0.25, 0.3) is 0 Å². The normalized spacial score (nSPS) is 26.5. The van der Waals surface area contributed by atoms with Gasteiger partial charge in [-0.3, -0.25) is 0 Å². The Hall–Kier alpha value is -0.860. The maximum Gasteiger partial charge on any atom is 0.0646 e. The van der Waals surface area contributed by atoms with Crippen molar-refractivity contribution < 1.29 is 4.74 Å². The third-order valence-electron chi connectivity index (χ3n) is 3.03. The lowest BCUT2D eigenvalue weighted by molar-refractivity contribution is 0.0318. The Labute approximate surface area is 91.6 Å². The van der Waals surface area contributed by atoms with Gasteiger partial charge in [-0.1, -0.05) is 30.3 Å². The molecule has 15 heavy (non-hydrogen) atoms. The highest BCUT2D eigenvalue weighted by molar-refractivity contribution is 5.15. The molecule has 1 aliphatic rings. The zero-order valence-electron chi connectivity index (χ0n) is 9.33. The maximum absolute atomic E-state index is 5.51. The first-order valence-electron chi connectivity index (χ1n) is 5.65. The topological polar surface area (TPSA) is 21.3 Å². The van der Waals surface area contributed by atoms with Crippen LogP contribution in [0.15, 0.2) is 30.3 Å². The number of ether oxygens (including phenoxy) is 1. The molecule has 0 aromatic heterocycles. The molecule has 1 saturated heterocycles. The zero-order valence-corrected chi connectivity index (χ0v) is 9.33. The molecule has 0 amide bonds. The highest BCUT2D eigenvalue weighted by Gasteiger charge is 2.26. The average Bonchev–Trinajstić information content (AvgIpc) is 2.29. The van der Waals surface area contributed by atoms with E-state index < -0.39 is 0 Å². The van der Waals surface area contributed by atoms with Crippen molar-refractivity contribution in [2.24, 2.45) is 0 Å². The number of aryl methyl sites for hydroxylation is 1. The van der Waals surface area contributed by atoms with E-state index in [1.165, 1.54) is 5.56 Å². The van der Waals surface area contributed by atoms with Crippen molar-refractivity contribution >= 4 is 0 Å². The SMILES string of the molecule is CC1(CCc2ccccc2)COCCN1. The second kappa shape index (κ2) is 4.77. The van der Waals surface area contributed by atoms with Gasteiger partial charge in [0.2, 0.25) is 0 Å². The van der Waals surface area contributed by atoms with E-state index in [1.54, 1.807) is 0 Å². The van der Waals surface area contributed by atoms with Gasteiger partial charge in [0, 0.05) is 12.1 Å². The summed E-state index contributed by atoms with van der Waals surface area (Å²) in [4.78, 5) is 0. The van der Waals surface area contributed by atoms with Gasteiger partial charge in [-0.25, -0.2) is 0 Å². The molecule has 1 aromatic rings. The molecule has 1 fully saturated rings. The molecule has 2 rings (SSSR count). The molecule has 0 radical (unpaired) electrons. The molecule has 0 aliphatic carbocycles. The Morgan fingerprint density at radius 1 is 1.33 bits per heavy atom. The minimum Gasteiger partial charge on any atom is -0.378 e. The van der Waals surface area contributed by atoms with Crippen molar-refractivity contribution in [2.75, 3.05) is 19.8 Å². The number of nitrogens with one attached hydrogen (secondary N) is 1. The molecule has 1 N–H and O–H groups in total. The molecular formula is C13H19NO. The fraction of sp³-hybridized carbons (Fsp3) is 0.538. The summed E-state index contributed by atoms with van der Waals surface area (Å²) in [6.07, 6.45) is 2.25. The minimum atomic E-state index is 0.161. The Kier molecular flexibility index (Phi) is 3.39. The van der Waals surface area contributed by atoms with Gasteiger partial charge in [-0.2, -0.15) is 0 Å². The summed E-state index contributed by atoms with van der Waals surface area (Å²) >= 11 is 0. The fourth-order valence-corrected chi connectivity index (χ4v) is 2.00. The minimum absolute atomic E-state index is 0.161. The number of benzene rings is 1. The fourth-order valence-electron chi connectivity index (χ4n) is 2.00. The summed E-state index contributed by atoms with van der Waals surface area (Å²) in [5, 5.41) is 3.54. The van der Waals surface area contributed by atoms with E-state index >= 15 is 0 Å². The largest absolute Gasteiger partial charge is 0.378 e. The van der Waals surface area contributed by atoms with E-state index in [2.05, 4.69) is 42.6 Å². The van der Waals surface area contributed by atoms with Crippen molar-refractivity contribution in [1.82, 2.24) is 5.32 Å². The van der Waals surface area contributed by atoms with Crippen LogP contribution in [0, 0.1) is 0 Å². The third-order valence-corrected chi connectivity index (χ3v) is 3.03. The van der Waals surface area contributed by atoms with Crippen molar-refractivity contribution in [1.29, 1.82) is 0 Å². The second-order valence-electron chi connectivity index (χ2n) is 4.53. The lowest BCUT2D eigenvalue weighted by Crippen LogP contribution is -2.52. The Morgan fingerprint density at radius 3 is 2.80 bits per heavy atom.